The Kier molecular flexibility index (Phi) is 7.68. The molecule has 1 N–H and O–H groups in total. The number of imidazole rings is 1. The molecular weight excluding hydrogens is 523 g/mol. The number of halogens is 2. The van der Waals surface area contributed by atoms with Crippen LogP contribution in [0.2, 0.25) is 10.0 Å². The molecular formula is C29H34Cl2N4O3. The molecule has 7 nitrogen and oxygen atoms in total. The second kappa shape index (κ2) is 11.3. The molecule has 3 heterocycles. The molecule has 6 rings (SSSR count). The van der Waals surface area contributed by atoms with Gasteiger partial charge < -0.3 is 19.7 Å². The number of hydrogen-bond donors (Lipinski definition) is 1. The molecule has 38 heavy (non-hydrogen) atoms. The predicted molar refractivity (Wildman–Crippen MR) is 151 cm³/mol. The fourth-order valence-electron chi connectivity index (χ4n) is 5.90. The minimum Gasteiger partial charge on any atom is -0.490 e. The number of piperidine rings is 1. The van der Waals surface area contributed by atoms with Crippen molar-refractivity contribution in [3.8, 4) is 11.4 Å². The lowest BCUT2D eigenvalue weighted by atomic mass is 9.96. The number of carbonyl (C=O) groups is 1. The highest BCUT2D eigenvalue weighted by atomic mass is 35.5. The normalized spacial score (nSPS) is 20.9. The standard InChI is InChI=1S/C29H34Cl2N4O3/c30-24-15-26-27(16-25(24)31)35(21-4-3-7-23(14-21)38-22-5-1-2-6-22)29(33-26)34-11-8-20(9-12-34)28(36)32-17-19-10-13-37-18-19/h3-4,7,14-16,19-20,22H,1-2,5-6,8-13,17-18H2,(H,32,36). The predicted octanol–water partition coefficient (Wildman–Crippen LogP) is 6.02. The van der Waals surface area contributed by atoms with Gasteiger partial charge in [-0.3, -0.25) is 9.36 Å². The first-order valence-corrected chi connectivity index (χ1v) is 14.6. The molecule has 0 radical (unpaired) electrons. The summed E-state index contributed by atoms with van der Waals surface area (Å²) >= 11 is 12.8. The van der Waals surface area contributed by atoms with Gasteiger partial charge in [-0.2, -0.15) is 0 Å². The van der Waals surface area contributed by atoms with Crippen molar-refractivity contribution in [2.45, 2.75) is 51.0 Å². The quantitative estimate of drug-likeness (QED) is 0.385. The zero-order valence-corrected chi connectivity index (χ0v) is 23.0. The summed E-state index contributed by atoms with van der Waals surface area (Å²) in [6, 6.07) is 11.9. The highest BCUT2D eigenvalue weighted by molar-refractivity contribution is 6.42. The molecule has 9 heteroatoms. The first kappa shape index (κ1) is 25.8. The Labute approximate surface area is 233 Å². The zero-order valence-electron chi connectivity index (χ0n) is 21.5. The van der Waals surface area contributed by atoms with Crippen molar-refractivity contribution in [1.29, 1.82) is 0 Å². The molecule has 0 bridgehead atoms. The van der Waals surface area contributed by atoms with Crippen LogP contribution >= 0.6 is 23.2 Å². The van der Waals surface area contributed by atoms with Crippen molar-refractivity contribution >= 4 is 46.1 Å². The largest absolute Gasteiger partial charge is 0.490 e. The molecule has 2 aromatic carbocycles. The lowest BCUT2D eigenvalue weighted by molar-refractivity contribution is -0.125. The number of nitrogens with zero attached hydrogens (tertiary/aromatic N) is 3. The van der Waals surface area contributed by atoms with Crippen molar-refractivity contribution in [1.82, 2.24) is 14.9 Å². The minimum absolute atomic E-state index is 0.0124. The van der Waals surface area contributed by atoms with Crippen LogP contribution in [0.5, 0.6) is 5.75 Å². The molecule has 0 spiro atoms. The Bertz CT molecular complexity index is 1290. The monoisotopic (exact) mass is 556 g/mol. The summed E-state index contributed by atoms with van der Waals surface area (Å²) in [5, 5.41) is 4.13. The van der Waals surface area contributed by atoms with Crippen LogP contribution in [0.4, 0.5) is 5.95 Å². The van der Waals surface area contributed by atoms with Gasteiger partial charge in [0.25, 0.3) is 0 Å². The summed E-state index contributed by atoms with van der Waals surface area (Å²) < 4.78 is 13.9. The number of aromatic nitrogens is 2. The van der Waals surface area contributed by atoms with Gasteiger partial charge in [-0.15, -0.1) is 0 Å². The Balaban J connectivity index is 1.24. The van der Waals surface area contributed by atoms with E-state index in [9.17, 15) is 4.79 Å². The molecule has 1 aromatic heterocycles. The van der Waals surface area contributed by atoms with E-state index in [4.69, 9.17) is 37.7 Å². The van der Waals surface area contributed by atoms with E-state index in [2.05, 4.69) is 26.9 Å². The fourth-order valence-corrected chi connectivity index (χ4v) is 6.21. The number of hydrogen-bond acceptors (Lipinski definition) is 5. The lowest BCUT2D eigenvalue weighted by Crippen LogP contribution is -2.42. The van der Waals surface area contributed by atoms with Gasteiger partial charge in [-0.25, -0.2) is 4.98 Å². The molecule has 1 saturated carbocycles. The smallest absolute Gasteiger partial charge is 0.223 e. The third-order valence-electron chi connectivity index (χ3n) is 8.10. The van der Waals surface area contributed by atoms with Crippen LogP contribution in [0.1, 0.15) is 44.9 Å². The van der Waals surface area contributed by atoms with Crippen LogP contribution in [0.15, 0.2) is 36.4 Å². The summed E-state index contributed by atoms with van der Waals surface area (Å²) in [5.74, 6) is 2.30. The third-order valence-corrected chi connectivity index (χ3v) is 8.82. The summed E-state index contributed by atoms with van der Waals surface area (Å²) in [4.78, 5) is 20.1. The van der Waals surface area contributed by atoms with Crippen LogP contribution < -0.4 is 15.0 Å². The van der Waals surface area contributed by atoms with Crippen LogP contribution in [0.3, 0.4) is 0 Å². The summed E-state index contributed by atoms with van der Waals surface area (Å²) in [6.07, 6.45) is 7.53. The number of anilines is 1. The van der Waals surface area contributed by atoms with Gasteiger partial charge in [-0.1, -0.05) is 29.3 Å². The zero-order chi connectivity index (χ0) is 26.1. The molecule has 3 aromatic rings. The van der Waals surface area contributed by atoms with Crippen LogP contribution in [-0.4, -0.2) is 54.4 Å². The number of fused-ring (bicyclic) bond motifs is 1. The van der Waals surface area contributed by atoms with E-state index in [1.54, 1.807) is 0 Å². The SMILES string of the molecule is O=C(NCC1CCOC1)C1CCN(c2nc3cc(Cl)c(Cl)cc3n2-c2cccc(OC3CCCC3)c2)CC1. The summed E-state index contributed by atoms with van der Waals surface area (Å²) in [6.45, 7) is 3.73. The maximum atomic E-state index is 12.8. The first-order chi connectivity index (χ1) is 18.5. The number of amides is 1. The van der Waals surface area contributed by atoms with E-state index in [0.717, 1.165) is 86.8 Å². The van der Waals surface area contributed by atoms with Crippen molar-refractivity contribution in [2.24, 2.45) is 11.8 Å². The minimum atomic E-state index is 0.0124. The Morgan fingerprint density at radius 2 is 1.84 bits per heavy atom. The second-order valence-electron chi connectivity index (χ2n) is 10.8. The first-order valence-electron chi connectivity index (χ1n) is 13.8. The average Bonchev–Trinajstić information content (AvgIpc) is 3.70. The van der Waals surface area contributed by atoms with Crippen LogP contribution in [0, 0.1) is 11.8 Å². The third kappa shape index (κ3) is 5.47. The average molecular weight is 558 g/mol. The molecule has 2 aliphatic heterocycles. The highest BCUT2D eigenvalue weighted by Gasteiger charge is 2.29. The number of nitrogens with one attached hydrogen (secondary N) is 1. The van der Waals surface area contributed by atoms with Crippen molar-refractivity contribution in [2.75, 3.05) is 37.7 Å². The van der Waals surface area contributed by atoms with Crippen LogP contribution in [0.25, 0.3) is 16.7 Å². The van der Waals surface area contributed by atoms with E-state index in [1.807, 2.05) is 24.3 Å². The Morgan fingerprint density at radius 1 is 1.05 bits per heavy atom. The van der Waals surface area contributed by atoms with E-state index in [-0.39, 0.29) is 17.9 Å². The molecule has 1 aliphatic carbocycles. The van der Waals surface area contributed by atoms with Crippen molar-refractivity contribution in [3.05, 3.63) is 46.4 Å². The van der Waals surface area contributed by atoms with E-state index in [1.165, 1.54) is 12.8 Å². The highest BCUT2D eigenvalue weighted by Crippen LogP contribution is 2.35. The van der Waals surface area contributed by atoms with Gasteiger partial charge in [-0.05, 0) is 69.2 Å². The second-order valence-corrected chi connectivity index (χ2v) is 11.6. The van der Waals surface area contributed by atoms with Gasteiger partial charge in [0.2, 0.25) is 11.9 Å². The van der Waals surface area contributed by atoms with Gasteiger partial charge >= 0.3 is 0 Å². The fraction of sp³-hybridized carbons (Fsp3) is 0.517. The Hall–Kier alpha value is -2.48. The Morgan fingerprint density at radius 3 is 2.61 bits per heavy atom. The van der Waals surface area contributed by atoms with Gasteiger partial charge in [0, 0.05) is 44.1 Å². The molecule has 1 atom stereocenters. The molecule has 2 saturated heterocycles. The maximum absolute atomic E-state index is 12.8. The topological polar surface area (TPSA) is 68.6 Å². The number of ether oxygens (including phenoxy) is 2. The lowest BCUT2D eigenvalue weighted by Gasteiger charge is -2.32. The van der Waals surface area contributed by atoms with E-state index >= 15 is 0 Å². The number of carbonyl (C=O) groups excluding carboxylic acids is 1. The van der Waals surface area contributed by atoms with Gasteiger partial charge in [0.05, 0.1) is 39.5 Å². The molecule has 1 unspecified atom stereocenters. The van der Waals surface area contributed by atoms with E-state index in [0.29, 0.717) is 22.5 Å². The maximum Gasteiger partial charge on any atom is 0.223 e. The van der Waals surface area contributed by atoms with E-state index < -0.39 is 0 Å². The molecule has 1 amide bonds. The number of benzene rings is 2. The van der Waals surface area contributed by atoms with Gasteiger partial charge in [0.1, 0.15) is 5.75 Å². The molecule has 3 aliphatic rings. The summed E-state index contributed by atoms with van der Waals surface area (Å²) in [7, 11) is 0. The van der Waals surface area contributed by atoms with Crippen LogP contribution in [-0.2, 0) is 9.53 Å². The van der Waals surface area contributed by atoms with Gasteiger partial charge in [0.15, 0.2) is 0 Å². The van der Waals surface area contributed by atoms with Crippen molar-refractivity contribution < 1.29 is 14.3 Å². The molecule has 3 fully saturated rings. The summed E-state index contributed by atoms with van der Waals surface area (Å²) in [5.41, 5.74) is 2.65. The van der Waals surface area contributed by atoms with Crippen molar-refractivity contribution in [3.63, 3.8) is 0 Å². The number of rotatable bonds is 7. The molecule has 202 valence electrons.